The number of halogens is 1. The van der Waals surface area contributed by atoms with E-state index in [4.69, 9.17) is 4.42 Å². The fraction of sp³-hybridized carbons (Fsp3) is 0.200. The number of nitrogens with zero attached hydrogens (tertiary/aromatic N) is 3. The third kappa shape index (κ3) is 3.00. The van der Waals surface area contributed by atoms with Gasteiger partial charge in [-0.05, 0) is 36.8 Å². The zero-order chi connectivity index (χ0) is 14.7. The number of furan rings is 1. The van der Waals surface area contributed by atoms with Crippen molar-refractivity contribution in [3.8, 4) is 11.6 Å². The molecule has 2 aromatic heterocycles. The van der Waals surface area contributed by atoms with E-state index in [1.807, 2.05) is 23.6 Å². The second-order valence-electron chi connectivity index (χ2n) is 4.44. The van der Waals surface area contributed by atoms with Crippen LogP contribution in [0.25, 0.3) is 11.6 Å². The Hall–Kier alpha value is -2.08. The second kappa shape index (κ2) is 6.13. The zero-order valence-corrected chi connectivity index (χ0v) is 12.3. The van der Waals surface area contributed by atoms with Gasteiger partial charge in [0.05, 0.1) is 6.26 Å². The van der Waals surface area contributed by atoms with Gasteiger partial charge in [-0.3, -0.25) is 4.57 Å². The van der Waals surface area contributed by atoms with Crippen molar-refractivity contribution in [1.29, 1.82) is 0 Å². The van der Waals surface area contributed by atoms with Gasteiger partial charge in [0, 0.05) is 12.3 Å². The molecule has 0 aliphatic heterocycles. The molecule has 0 unspecified atom stereocenters. The fourth-order valence-electron chi connectivity index (χ4n) is 2.00. The molecule has 21 heavy (non-hydrogen) atoms. The quantitative estimate of drug-likeness (QED) is 0.668. The normalized spacial score (nSPS) is 11.0. The predicted molar refractivity (Wildman–Crippen MR) is 79.4 cm³/mol. The Morgan fingerprint density at radius 3 is 2.67 bits per heavy atom. The van der Waals surface area contributed by atoms with Gasteiger partial charge in [-0.2, -0.15) is 0 Å². The SMILES string of the molecule is CCn1c(SCc2ccc(F)cc2)nnc1-c1ccco1. The first-order valence-corrected chi connectivity index (χ1v) is 7.61. The van der Waals surface area contributed by atoms with Gasteiger partial charge in [0.25, 0.3) is 0 Å². The van der Waals surface area contributed by atoms with Gasteiger partial charge in [0.15, 0.2) is 16.7 Å². The molecule has 0 radical (unpaired) electrons. The van der Waals surface area contributed by atoms with Crippen molar-refractivity contribution in [2.45, 2.75) is 24.4 Å². The van der Waals surface area contributed by atoms with Crippen LogP contribution in [0.2, 0.25) is 0 Å². The molecular weight excluding hydrogens is 289 g/mol. The monoisotopic (exact) mass is 303 g/mol. The molecule has 2 heterocycles. The lowest BCUT2D eigenvalue weighted by Gasteiger charge is -2.05. The molecule has 0 N–H and O–H groups in total. The number of hydrogen-bond acceptors (Lipinski definition) is 4. The molecule has 108 valence electrons. The van der Waals surface area contributed by atoms with Crippen LogP contribution in [0.3, 0.4) is 0 Å². The van der Waals surface area contributed by atoms with Crippen molar-refractivity contribution in [2.24, 2.45) is 0 Å². The minimum absolute atomic E-state index is 0.222. The van der Waals surface area contributed by atoms with Crippen molar-refractivity contribution in [3.05, 3.63) is 54.0 Å². The van der Waals surface area contributed by atoms with E-state index in [-0.39, 0.29) is 5.82 Å². The Kier molecular flexibility index (Phi) is 4.06. The van der Waals surface area contributed by atoms with Crippen LogP contribution in [-0.2, 0) is 12.3 Å². The van der Waals surface area contributed by atoms with Crippen molar-refractivity contribution >= 4 is 11.8 Å². The number of rotatable bonds is 5. The van der Waals surface area contributed by atoms with E-state index >= 15 is 0 Å². The predicted octanol–water partition coefficient (Wildman–Crippen LogP) is 3.99. The van der Waals surface area contributed by atoms with E-state index in [9.17, 15) is 4.39 Å². The van der Waals surface area contributed by atoms with Crippen LogP contribution >= 0.6 is 11.8 Å². The first-order valence-electron chi connectivity index (χ1n) is 6.62. The summed E-state index contributed by atoms with van der Waals surface area (Å²) < 4.78 is 20.3. The van der Waals surface area contributed by atoms with Gasteiger partial charge in [-0.25, -0.2) is 4.39 Å². The summed E-state index contributed by atoms with van der Waals surface area (Å²) in [5, 5.41) is 9.24. The minimum Gasteiger partial charge on any atom is -0.461 e. The van der Waals surface area contributed by atoms with Crippen LogP contribution < -0.4 is 0 Å². The maximum Gasteiger partial charge on any atom is 0.200 e. The molecule has 0 bridgehead atoms. The molecule has 1 aromatic carbocycles. The lowest BCUT2D eigenvalue weighted by molar-refractivity contribution is 0.567. The summed E-state index contributed by atoms with van der Waals surface area (Å²) in [5.74, 6) is 1.93. The Balaban J connectivity index is 1.78. The van der Waals surface area contributed by atoms with E-state index in [0.717, 1.165) is 28.8 Å². The van der Waals surface area contributed by atoms with Crippen LogP contribution in [0.5, 0.6) is 0 Å². The van der Waals surface area contributed by atoms with Gasteiger partial charge >= 0.3 is 0 Å². The maximum absolute atomic E-state index is 12.9. The molecule has 0 spiro atoms. The Labute approximate surface area is 126 Å². The molecule has 3 aromatic rings. The topological polar surface area (TPSA) is 43.9 Å². The lowest BCUT2D eigenvalue weighted by Crippen LogP contribution is -1.99. The summed E-state index contributed by atoms with van der Waals surface area (Å²) >= 11 is 1.57. The van der Waals surface area contributed by atoms with Gasteiger partial charge in [-0.15, -0.1) is 10.2 Å². The van der Waals surface area contributed by atoms with Gasteiger partial charge in [0.2, 0.25) is 0 Å². The van der Waals surface area contributed by atoms with Gasteiger partial charge < -0.3 is 4.42 Å². The summed E-state index contributed by atoms with van der Waals surface area (Å²) in [4.78, 5) is 0. The molecule has 0 aliphatic rings. The summed E-state index contributed by atoms with van der Waals surface area (Å²) in [6.45, 7) is 2.80. The number of hydrogen-bond donors (Lipinski definition) is 0. The van der Waals surface area contributed by atoms with Crippen LogP contribution in [0, 0.1) is 5.82 Å². The first-order chi connectivity index (χ1) is 10.3. The molecule has 0 aliphatic carbocycles. The molecule has 6 heteroatoms. The zero-order valence-electron chi connectivity index (χ0n) is 11.5. The molecule has 0 saturated carbocycles. The van der Waals surface area contributed by atoms with Crippen LogP contribution in [0.4, 0.5) is 4.39 Å². The highest BCUT2D eigenvalue weighted by Crippen LogP contribution is 2.26. The summed E-state index contributed by atoms with van der Waals surface area (Å²) in [5.41, 5.74) is 1.05. The molecule has 3 rings (SSSR count). The number of benzene rings is 1. The highest BCUT2D eigenvalue weighted by Gasteiger charge is 2.14. The molecular formula is C15H14FN3OS. The van der Waals surface area contributed by atoms with E-state index in [1.165, 1.54) is 12.1 Å². The van der Waals surface area contributed by atoms with E-state index in [2.05, 4.69) is 10.2 Å². The van der Waals surface area contributed by atoms with Crippen LogP contribution in [0.15, 0.2) is 52.2 Å². The molecule has 0 atom stereocenters. The van der Waals surface area contributed by atoms with Crippen LogP contribution in [-0.4, -0.2) is 14.8 Å². The van der Waals surface area contributed by atoms with E-state index < -0.39 is 0 Å². The molecule has 0 amide bonds. The Morgan fingerprint density at radius 1 is 1.19 bits per heavy atom. The summed E-state index contributed by atoms with van der Waals surface area (Å²) in [7, 11) is 0. The average molecular weight is 303 g/mol. The van der Waals surface area contributed by atoms with Crippen molar-refractivity contribution in [1.82, 2.24) is 14.8 Å². The lowest BCUT2D eigenvalue weighted by atomic mass is 10.2. The third-order valence-electron chi connectivity index (χ3n) is 3.06. The largest absolute Gasteiger partial charge is 0.461 e. The van der Waals surface area contributed by atoms with Crippen LogP contribution in [0.1, 0.15) is 12.5 Å². The van der Waals surface area contributed by atoms with Gasteiger partial charge in [-0.1, -0.05) is 23.9 Å². The maximum atomic E-state index is 12.9. The second-order valence-corrected chi connectivity index (χ2v) is 5.39. The molecule has 4 nitrogen and oxygen atoms in total. The standard InChI is InChI=1S/C15H14FN3OS/c1-2-19-14(13-4-3-9-20-13)17-18-15(19)21-10-11-5-7-12(16)8-6-11/h3-9H,2,10H2,1H3. The van der Waals surface area contributed by atoms with Gasteiger partial charge in [0.1, 0.15) is 5.82 Å². The Bertz CT molecular complexity index is 707. The fourth-order valence-corrected chi connectivity index (χ4v) is 2.96. The highest BCUT2D eigenvalue weighted by molar-refractivity contribution is 7.98. The van der Waals surface area contributed by atoms with Crippen molar-refractivity contribution in [2.75, 3.05) is 0 Å². The average Bonchev–Trinajstić information content (AvgIpc) is 3.15. The van der Waals surface area contributed by atoms with Crippen molar-refractivity contribution < 1.29 is 8.81 Å². The minimum atomic E-state index is -0.222. The third-order valence-corrected chi connectivity index (χ3v) is 4.09. The smallest absolute Gasteiger partial charge is 0.200 e. The number of aromatic nitrogens is 3. The summed E-state index contributed by atoms with van der Waals surface area (Å²) in [6, 6.07) is 10.2. The number of thioether (sulfide) groups is 1. The summed E-state index contributed by atoms with van der Waals surface area (Å²) in [6.07, 6.45) is 1.62. The van der Waals surface area contributed by atoms with Crippen molar-refractivity contribution in [3.63, 3.8) is 0 Å². The molecule has 0 fully saturated rings. The highest BCUT2D eigenvalue weighted by atomic mass is 32.2. The Morgan fingerprint density at radius 2 is 2.00 bits per heavy atom. The van der Waals surface area contributed by atoms with E-state index in [0.29, 0.717) is 5.76 Å². The first kappa shape index (κ1) is 13.9. The molecule has 0 saturated heterocycles. The van der Waals surface area contributed by atoms with E-state index in [1.54, 1.807) is 30.2 Å².